The Bertz CT molecular complexity index is 412. The second-order valence-corrected chi connectivity index (χ2v) is 9.88. The number of carbonyl (C=O) groups is 2. The van der Waals surface area contributed by atoms with Crippen LogP contribution < -0.4 is 0 Å². The topological polar surface area (TPSA) is 72.8 Å². The van der Waals surface area contributed by atoms with E-state index in [9.17, 15) is 14.7 Å². The van der Waals surface area contributed by atoms with Crippen molar-refractivity contribution in [2.75, 3.05) is 13.2 Å². The van der Waals surface area contributed by atoms with E-state index < -0.39 is 6.10 Å². The van der Waals surface area contributed by atoms with Gasteiger partial charge in [0.1, 0.15) is 19.3 Å². The molecule has 0 fully saturated rings. The molecule has 0 spiro atoms. The molecule has 0 aliphatic rings. The summed E-state index contributed by atoms with van der Waals surface area (Å²) in [7, 11) is 0. The normalized spacial score (nSPS) is 11.2. The molecule has 0 saturated carbocycles. The van der Waals surface area contributed by atoms with Crippen molar-refractivity contribution < 1.29 is 24.2 Å². The number of hydrogen-bond donors (Lipinski definition) is 1. The van der Waals surface area contributed by atoms with Crippen LogP contribution in [0.3, 0.4) is 0 Å². The fourth-order valence-electron chi connectivity index (χ4n) is 4.08. The average Bonchev–Trinajstić information content (AvgIpc) is 2.83. The molecular formula is C29H56O5. The van der Waals surface area contributed by atoms with Crippen LogP contribution in [0.1, 0.15) is 155 Å². The van der Waals surface area contributed by atoms with Crippen LogP contribution in [0.2, 0.25) is 0 Å². The lowest BCUT2D eigenvalue weighted by Gasteiger charge is -2.12. The number of aliphatic hydroxyl groups excluding tert-OH is 1. The van der Waals surface area contributed by atoms with Gasteiger partial charge in [0.25, 0.3) is 0 Å². The van der Waals surface area contributed by atoms with Gasteiger partial charge in [-0.1, -0.05) is 129 Å². The van der Waals surface area contributed by atoms with Crippen molar-refractivity contribution >= 4 is 11.9 Å². The summed E-state index contributed by atoms with van der Waals surface area (Å²) in [5.74, 6) is -0.564. The van der Waals surface area contributed by atoms with Gasteiger partial charge in [-0.2, -0.15) is 0 Å². The number of rotatable bonds is 26. The van der Waals surface area contributed by atoms with Crippen LogP contribution in [-0.2, 0) is 19.1 Å². The van der Waals surface area contributed by atoms with Crippen LogP contribution in [0, 0.1) is 0 Å². The molecule has 0 aromatic heterocycles. The molecule has 0 radical (unpaired) electrons. The molecule has 202 valence electrons. The van der Waals surface area contributed by atoms with E-state index in [1.165, 1.54) is 103 Å². The predicted molar refractivity (Wildman–Crippen MR) is 141 cm³/mol. The maximum atomic E-state index is 11.8. The molecule has 5 heteroatoms. The van der Waals surface area contributed by atoms with Crippen molar-refractivity contribution in [2.24, 2.45) is 0 Å². The van der Waals surface area contributed by atoms with Gasteiger partial charge >= 0.3 is 11.9 Å². The molecule has 0 unspecified atom stereocenters. The third-order valence-corrected chi connectivity index (χ3v) is 6.34. The standard InChI is InChI=1S/C29H56O5/c1-3-5-7-9-11-13-15-17-19-21-23-28(31)33-25-27(30)26-34-29(32)24-22-20-18-16-14-12-10-8-6-4-2/h27,30H,3-26H2,1-2H3. The maximum absolute atomic E-state index is 11.8. The number of carbonyl (C=O) groups excluding carboxylic acids is 2. The summed E-state index contributed by atoms with van der Waals surface area (Å²) in [5.41, 5.74) is 0. The molecule has 1 N–H and O–H groups in total. The number of aliphatic hydroxyl groups is 1. The predicted octanol–water partition coefficient (Wildman–Crippen LogP) is 8.06. The molecule has 0 aliphatic heterocycles. The first-order valence-corrected chi connectivity index (χ1v) is 14.6. The fourth-order valence-corrected chi connectivity index (χ4v) is 4.08. The van der Waals surface area contributed by atoms with Crippen molar-refractivity contribution in [3.05, 3.63) is 0 Å². The van der Waals surface area contributed by atoms with E-state index in [4.69, 9.17) is 9.47 Å². The van der Waals surface area contributed by atoms with Crippen LogP contribution in [0.25, 0.3) is 0 Å². The van der Waals surface area contributed by atoms with E-state index in [-0.39, 0.29) is 25.2 Å². The zero-order valence-corrected chi connectivity index (χ0v) is 22.6. The zero-order valence-electron chi connectivity index (χ0n) is 22.6. The molecule has 0 saturated heterocycles. The number of hydrogen-bond acceptors (Lipinski definition) is 5. The maximum Gasteiger partial charge on any atom is 0.305 e. The monoisotopic (exact) mass is 484 g/mol. The lowest BCUT2D eigenvalue weighted by atomic mass is 10.1. The summed E-state index contributed by atoms with van der Waals surface area (Å²) in [5, 5.41) is 9.88. The van der Waals surface area contributed by atoms with Crippen LogP contribution in [0.5, 0.6) is 0 Å². The largest absolute Gasteiger partial charge is 0.463 e. The Morgan fingerprint density at radius 1 is 0.500 bits per heavy atom. The first-order chi connectivity index (χ1) is 16.6. The van der Waals surface area contributed by atoms with Gasteiger partial charge in [-0.3, -0.25) is 9.59 Å². The highest BCUT2D eigenvalue weighted by molar-refractivity contribution is 5.69. The molecule has 0 atom stereocenters. The Labute approximate surface area is 210 Å². The first-order valence-electron chi connectivity index (χ1n) is 14.6. The molecule has 5 nitrogen and oxygen atoms in total. The van der Waals surface area contributed by atoms with E-state index >= 15 is 0 Å². The Morgan fingerprint density at radius 2 is 0.765 bits per heavy atom. The van der Waals surface area contributed by atoms with Gasteiger partial charge in [0.2, 0.25) is 0 Å². The second kappa shape index (κ2) is 26.5. The van der Waals surface area contributed by atoms with Crippen LogP contribution in [-0.4, -0.2) is 36.4 Å². The summed E-state index contributed by atoms with van der Waals surface area (Å²) in [4.78, 5) is 23.6. The average molecular weight is 485 g/mol. The minimum atomic E-state index is -0.951. The Hall–Kier alpha value is -1.10. The van der Waals surface area contributed by atoms with Crippen molar-refractivity contribution in [2.45, 2.75) is 161 Å². The summed E-state index contributed by atoms with van der Waals surface area (Å²) >= 11 is 0. The number of esters is 2. The van der Waals surface area contributed by atoms with E-state index in [0.717, 1.165) is 25.7 Å². The third kappa shape index (κ3) is 25.5. The molecule has 34 heavy (non-hydrogen) atoms. The lowest BCUT2D eigenvalue weighted by Crippen LogP contribution is -2.25. The minimum Gasteiger partial charge on any atom is -0.463 e. The van der Waals surface area contributed by atoms with E-state index in [1.54, 1.807) is 0 Å². The third-order valence-electron chi connectivity index (χ3n) is 6.34. The first kappa shape index (κ1) is 32.9. The highest BCUT2D eigenvalue weighted by atomic mass is 16.6. The molecule has 0 rings (SSSR count). The van der Waals surface area contributed by atoms with Gasteiger partial charge in [0.05, 0.1) is 0 Å². The van der Waals surface area contributed by atoms with Gasteiger partial charge in [-0.25, -0.2) is 0 Å². The lowest BCUT2D eigenvalue weighted by molar-refractivity contribution is -0.152. The highest BCUT2D eigenvalue weighted by Gasteiger charge is 2.12. The van der Waals surface area contributed by atoms with Crippen LogP contribution >= 0.6 is 0 Å². The van der Waals surface area contributed by atoms with E-state index in [2.05, 4.69) is 13.8 Å². The zero-order chi connectivity index (χ0) is 25.1. The van der Waals surface area contributed by atoms with Crippen molar-refractivity contribution in [1.29, 1.82) is 0 Å². The molecule has 0 bridgehead atoms. The van der Waals surface area contributed by atoms with Crippen molar-refractivity contribution in [3.63, 3.8) is 0 Å². The minimum absolute atomic E-state index is 0.109. The van der Waals surface area contributed by atoms with E-state index in [0.29, 0.717) is 12.8 Å². The second-order valence-electron chi connectivity index (χ2n) is 9.88. The SMILES string of the molecule is CCCCCCCCCCCCC(=O)OCC(O)COC(=O)CCCCCCCCCCCC. The molecule has 0 amide bonds. The van der Waals surface area contributed by atoms with Gasteiger partial charge in [-0.15, -0.1) is 0 Å². The fraction of sp³-hybridized carbons (Fsp3) is 0.931. The molecule has 0 aliphatic carbocycles. The molecule has 0 aromatic carbocycles. The van der Waals surface area contributed by atoms with Crippen molar-refractivity contribution in [1.82, 2.24) is 0 Å². The van der Waals surface area contributed by atoms with Crippen LogP contribution in [0.4, 0.5) is 0 Å². The molecule has 0 heterocycles. The summed E-state index contributed by atoms with van der Waals surface area (Å²) in [6.45, 7) is 4.26. The van der Waals surface area contributed by atoms with E-state index in [1.807, 2.05) is 0 Å². The summed E-state index contributed by atoms with van der Waals surface area (Å²) < 4.78 is 10.2. The quantitative estimate of drug-likeness (QED) is 0.0992. The Morgan fingerprint density at radius 3 is 1.06 bits per heavy atom. The Kier molecular flexibility index (Phi) is 25.6. The Balaban J connectivity index is 3.43. The number of ether oxygens (including phenoxy) is 2. The summed E-state index contributed by atoms with van der Waals surface area (Å²) in [6, 6.07) is 0. The smallest absolute Gasteiger partial charge is 0.305 e. The van der Waals surface area contributed by atoms with Crippen LogP contribution in [0.15, 0.2) is 0 Å². The summed E-state index contributed by atoms with van der Waals surface area (Å²) in [6.07, 6.45) is 24.3. The van der Waals surface area contributed by atoms with Gasteiger partial charge in [-0.05, 0) is 12.8 Å². The van der Waals surface area contributed by atoms with Crippen molar-refractivity contribution in [3.8, 4) is 0 Å². The molecule has 0 aromatic rings. The van der Waals surface area contributed by atoms with Gasteiger partial charge < -0.3 is 14.6 Å². The number of unbranched alkanes of at least 4 members (excludes halogenated alkanes) is 18. The van der Waals surface area contributed by atoms with Gasteiger partial charge in [0.15, 0.2) is 0 Å². The van der Waals surface area contributed by atoms with Gasteiger partial charge in [0, 0.05) is 12.8 Å². The molecular weight excluding hydrogens is 428 g/mol. The highest BCUT2D eigenvalue weighted by Crippen LogP contribution is 2.13.